The van der Waals surface area contributed by atoms with Crippen LogP contribution in [0.3, 0.4) is 0 Å². The molecule has 5 N–H and O–H groups in total. The quantitative estimate of drug-likeness (QED) is 0.525. The van der Waals surface area contributed by atoms with Crippen molar-refractivity contribution in [2.45, 2.75) is 77.9 Å². The van der Waals surface area contributed by atoms with Crippen LogP contribution in [0.2, 0.25) is 0 Å². The van der Waals surface area contributed by atoms with Gasteiger partial charge in [-0.3, -0.25) is 0 Å². The number of aliphatic hydroxyl groups is 1. The van der Waals surface area contributed by atoms with Gasteiger partial charge in [0, 0.05) is 19.1 Å². The van der Waals surface area contributed by atoms with Gasteiger partial charge in [-0.25, -0.2) is 4.79 Å². The monoisotopic (exact) mass is 327 g/mol. The highest BCUT2D eigenvalue weighted by molar-refractivity contribution is 5.73. The van der Waals surface area contributed by atoms with E-state index in [0.717, 1.165) is 6.42 Å². The summed E-state index contributed by atoms with van der Waals surface area (Å²) in [7, 11) is 0. The number of amides is 2. The van der Waals surface area contributed by atoms with E-state index in [1.54, 1.807) is 0 Å². The van der Waals surface area contributed by atoms with Crippen molar-refractivity contribution in [1.29, 1.82) is 0 Å². The molecule has 23 heavy (non-hydrogen) atoms. The molecule has 0 saturated heterocycles. The van der Waals surface area contributed by atoms with Crippen LogP contribution in [0, 0.1) is 17.8 Å². The smallest absolute Gasteiger partial charge is 0.314 e. The highest BCUT2D eigenvalue weighted by atomic mass is 16.3. The van der Waals surface area contributed by atoms with E-state index in [0.29, 0.717) is 31.3 Å². The van der Waals surface area contributed by atoms with Crippen molar-refractivity contribution in [2.24, 2.45) is 23.5 Å². The second-order valence-corrected chi connectivity index (χ2v) is 7.45. The molecule has 1 fully saturated rings. The fraction of sp³-hybridized carbons (Fsp3) is 0.944. The van der Waals surface area contributed by atoms with Gasteiger partial charge in [0.15, 0.2) is 0 Å². The second-order valence-electron chi connectivity index (χ2n) is 7.45. The van der Waals surface area contributed by atoms with Crippen molar-refractivity contribution in [3.63, 3.8) is 0 Å². The molecule has 1 aliphatic rings. The van der Waals surface area contributed by atoms with Gasteiger partial charge in [-0.2, -0.15) is 0 Å². The predicted octanol–water partition coefficient (Wildman–Crippen LogP) is 2.63. The molecular formula is C18H37N3O2. The van der Waals surface area contributed by atoms with Crippen LogP contribution in [0.15, 0.2) is 0 Å². The molecule has 0 unspecified atom stereocenters. The largest absolute Gasteiger partial charge is 0.392 e. The van der Waals surface area contributed by atoms with Crippen LogP contribution in [-0.2, 0) is 0 Å². The summed E-state index contributed by atoms with van der Waals surface area (Å²) in [5, 5.41) is 16.1. The maximum absolute atomic E-state index is 11.5. The maximum Gasteiger partial charge on any atom is 0.314 e. The topological polar surface area (TPSA) is 87.4 Å². The van der Waals surface area contributed by atoms with E-state index in [-0.39, 0.29) is 18.0 Å². The number of carbonyl (C=O) groups excluding carboxylic acids is 1. The minimum Gasteiger partial charge on any atom is -0.392 e. The van der Waals surface area contributed by atoms with Crippen molar-refractivity contribution in [1.82, 2.24) is 10.6 Å². The summed E-state index contributed by atoms with van der Waals surface area (Å²) in [6.07, 6.45) is 7.56. The van der Waals surface area contributed by atoms with Crippen molar-refractivity contribution in [2.75, 3.05) is 13.1 Å². The summed E-state index contributed by atoms with van der Waals surface area (Å²) in [5.74, 6) is 1.32. The van der Waals surface area contributed by atoms with Crippen LogP contribution < -0.4 is 16.4 Å². The third kappa shape index (κ3) is 8.02. The van der Waals surface area contributed by atoms with Gasteiger partial charge in [-0.15, -0.1) is 0 Å². The lowest BCUT2D eigenvalue weighted by Gasteiger charge is -2.30. The first kappa shape index (κ1) is 20.2. The summed E-state index contributed by atoms with van der Waals surface area (Å²) in [5.41, 5.74) is 6.25. The van der Waals surface area contributed by atoms with Gasteiger partial charge in [0.25, 0.3) is 0 Å². The summed E-state index contributed by atoms with van der Waals surface area (Å²) in [6.45, 7) is 7.35. The Morgan fingerprint density at radius 3 is 2.43 bits per heavy atom. The molecule has 0 aromatic rings. The lowest BCUT2D eigenvalue weighted by Crippen LogP contribution is -2.43. The van der Waals surface area contributed by atoms with Crippen LogP contribution in [0.5, 0.6) is 0 Å². The van der Waals surface area contributed by atoms with Crippen molar-refractivity contribution in [3.05, 3.63) is 0 Å². The van der Waals surface area contributed by atoms with Gasteiger partial charge >= 0.3 is 6.03 Å². The summed E-state index contributed by atoms with van der Waals surface area (Å²) in [4.78, 5) is 11.5. The highest BCUT2D eigenvalue weighted by Gasteiger charge is 2.25. The molecule has 1 aliphatic carbocycles. The van der Waals surface area contributed by atoms with Crippen molar-refractivity contribution < 1.29 is 9.90 Å². The zero-order valence-electron chi connectivity index (χ0n) is 15.2. The number of nitrogens with one attached hydrogen (secondary N) is 2. The first-order chi connectivity index (χ1) is 10.9. The molecule has 0 heterocycles. The SMILES string of the molecule is CCNC(=O)NC[C@@H](C[C@H](O)[C@@H](N)CC1CCCCC1)C(C)C. The number of rotatable bonds is 9. The normalized spacial score (nSPS) is 20.1. The van der Waals surface area contributed by atoms with Gasteiger partial charge in [0.05, 0.1) is 6.10 Å². The molecule has 0 aromatic carbocycles. The number of hydrogen-bond donors (Lipinski definition) is 4. The first-order valence-corrected chi connectivity index (χ1v) is 9.39. The number of aliphatic hydroxyl groups excluding tert-OH is 1. The highest BCUT2D eigenvalue weighted by Crippen LogP contribution is 2.28. The van der Waals surface area contributed by atoms with E-state index in [1.165, 1.54) is 32.1 Å². The molecule has 2 amide bonds. The Balaban J connectivity index is 2.39. The predicted molar refractivity (Wildman–Crippen MR) is 95.2 cm³/mol. The van der Waals surface area contributed by atoms with Crippen LogP contribution in [0.1, 0.15) is 65.7 Å². The Morgan fingerprint density at radius 2 is 1.87 bits per heavy atom. The second kappa shape index (κ2) is 10.9. The average Bonchev–Trinajstić information content (AvgIpc) is 2.52. The van der Waals surface area contributed by atoms with E-state index in [1.807, 2.05) is 6.92 Å². The van der Waals surface area contributed by atoms with Crippen LogP contribution in [0.25, 0.3) is 0 Å². The maximum atomic E-state index is 11.5. The van der Waals surface area contributed by atoms with Crippen molar-refractivity contribution in [3.8, 4) is 0 Å². The first-order valence-electron chi connectivity index (χ1n) is 9.39. The molecule has 0 aliphatic heterocycles. The molecule has 0 spiro atoms. The van der Waals surface area contributed by atoms with Crippen LogP contribution in [-0.4, -0.2) is 36.4 Å². The van der Waals surface area contributed by atoms with Crippen LogP contribution in [0.4, 0.5) is 4.79 Å². The van der Waals surface area contributed by atoms with Gasteiger partial charge in [0.1, 0.15) is 0 Å². The molecule has 0 aromatic heterocycles. The minimum absolute atomic E-state index is 0.140. The fourth-order valence-electron chi connectivity index (χ4n) is 3.49. The van der Waals surface area contributed by atoms with E-state index in [4.69, 9.17) is 5.73 Å². The van der Waals surface area contributed by atoms with E-state index in [9.17, 15) is 9.90 Å². The minimum atomic E-state index is -0.486. The average molecular weight is 328 g/mol. The Kier molecular flexibility index (Phi) is 9.56. The Labute approximate surface area is 141 Å². The van der Waals surface area contributed by atoms with Gasteiger partial charge < -0.3 is 21.5 Å². The lowest BCUT2D eigenvalue weighted by atomic mass is 9.81. The molecule has 1 saturated carbocycles. The number of hydrogen-bond acceptors (Lipinski definition) is 3. The Morgan fingerprint density at radius 1 is 1.22 bits per heavy atom. The number of urea groups is 1. The van der Waals surface area contributed by atoms with Gasteiger partial charge in [-0.05, 0) is 37.5 Å². The molecule has 5 nitrogen and oxygen atoms in total. The molecule has 5 heteroatoms. The zero-order valence-corrected chi connectivity index (χ0v) is 15.2. The van der Waals surface area contributed by atoms with Crippen LogP contribution >= 0.6 is 0 Å². The standard InChI is InChI=1S/C18H37N3O2/c1-4-20-18(23)21-12-15(13(2)3)11-17(22)16(19)10-14-8-6-5-7-9-14/h13-17,22H,4-12,19H2,1-3H3,(H2,20,21,23)/t15-,16+,17+/m1/s1. The Hall–Kier alpha value is -0.810. The molecule has 1 rings (SSSR count). The third-order valence-electron chi connectivity index (χ3n) is 5.17. The summed E-state index contributed by atoms with van der Waals surface area (Å²) < 4.78 is 0. The van der Waals surface area contributed by atoms with E-state index >= 15 is 0 Å². The van der Waals surface area contributed by atoms with Gasteiger partial charge in [0.2, 0.25) is 0 Å². The third-order valence-corrected chi connectivity index (χ3v) is 5.17. The molecule has 0 radical (unpaired) electrons. The fourth-order valence-corrected chi connectivity index (χ4v) is 3.49. The number of carbonyl (C=O) groups is 1. The molecule has 136 valence electrons. The van der Waals surface area contributed by atoms with E-state index in [2.05, 4.69) is 24.5 Å². The van der Waals surface area contributed by atoms with Gasteiger partial charge in [-0.1, -0.05) is 46.0 Å². The number of nitrogens with two attached hydrogens (primary N) is 1. The van der Waals surface area contributed by atoms with Crippen molar-refractivity contribution >= 4 is 6.03 Å². The van der Waals surface area contributed by atoms with E-state index < -0.39 is 6.10 Å². The zero-order chi connectivity index (χ0) is 17.2. The molecule has 3 atom stereocenters. The molecular weight excluding hydrogens is 290 g/mol. The lowest BCUT2D eigenvalue weighted by molar-refractivity contribution is 0.0912. The summed E-state index contributed by atoms with van der Waals surface area (Å²) >= 11 is 0. The molecule has 0 bridgehead atoms. The Bertz CT molecular complexity index is 330. The summed E-state index contributed by atoms with van der Waals surface area (Å²) in [6, 6.07) is -0.289.